The lowest BCUT2D eigenvalue weighted by molar-refractivity contribution is -0.148. The molecule has 1 aliphatic rings. The van der Waals surface area contributed by atoms with Crippen molar-refractivity contribution in [1.29, 1.82) is 0 Å². The van der Waals surface area contributed by atoms with Gasteiger partial charge in [0.05, 0.1) is 19.8 Å². The van der Waals surface area contributed by atoms with Crippen molar-refractivity contribution in [3.8, 4) is 0 Å². The zero-order valence-electron chi connectivity index (χ0n) is 11.0. The molecule has 0 bridgehead atoms. The monoisotopic (exact) mass is 245 g/mol. The van der Waals surface area contributed by atoms with E-state index in [4.69, 9.17) is 14.2 Å². The van der Waals surface area contributed by atoms with Gasteiger partial charge in [0, 0.05) is 13.2 Å². The van der Waals surface area contributed by atoms with Crippen molar-refractivity contribution in [1.82, 2.24) is 5.32 Å². The molecule has 1 fully saturated rings. The molecule has 2 atom stereocenters. The summed E-state index contributed by atoms with van der Waals surface area (Å²) in [6.07, 6.45) is 2.72. The third-order valence-corrected chi connectivity index (χ3v) is 3.25. The minimum atomic E-state index is -0.621. The molecule has 0 radical (unpaired) electrons. The fraction of sp³-hybridized carbons (Fsp3) is 0.917. The number of carbonyl (C=O) groups is 1. The van der Waals surface area contributed by atoms with Gasteiger partial charge in [-0.2, -0.15) is 0 Å². The van der Waals surface area contributed by atoms with Gasteiger partial charge in [-0.25, -0.2) is 0 Å². The number of rotatable bonds is 7. The second-order valence-electron chi connectivity index (χ2n) is 4.53. The van der Waals surface area contributed by atoms with E-state index in [1.807, 2.05) is 6.92 Å². The number of hydrogen-bond donors (Lipinski definition) is 1. The van der Waals surface area contributed by atoms with E-state index in [1.54, 1.807) is 7.05 Å². The highest BCUT2D eigenvalue weighted by molar-refractivity contribution is 5.80. The summed E-state index contributed by atoms with van der Waals surface area (Å²) in [5, 5.41) is 3.00. The van der Waals surface area contributed by atoms with Crippen molar-refractivity contribution in [2.75, 3.05) is 34.0 Å². The van der Waals surface area contributed by atoms with E-state index in [0.717, 1.165) is 19.4 Å². The first-order valence-electron chi connectivity index (χ1n) is 6.09. The first-order chi connectivity index (χ1) is 8.12. The maximum Gasteiger partial charge on any atom is 0.325 e. The minimum Gasteiger partial charge on any atom is -0.468 e. The average Bonchev–Trinajstić information content (AvgIpc) is 2.86. The number of carbonyl (C=O) groups excluding carboxylic acids is 1. The van der Waals surface area contributed by atoms with Gasteiger partial charge in [0.2, 0.25) is 0 Å². The van der Waals surface area contributed by atoms with E-state index in [9.17, 15) is 4.79 Å². The summed E-state index contributed by atoms with van der Waals surface area (Å²) in [4.78, 5) is 11.6. The number of methoxy groups -OCH3 is 1. The smallest absolute Gasteiger partial charge is 0.325 e. The second kappa shape index (κ2) is 6.93. The van der Waals surface area contributed by atoms with E-state index >= 15 is 0 Å². The summed E-state index contributed by atoms with van der Waals surface area (Å²) in [6, 6.07) is 0. The summed E-state index contributed by atoms with van der Waals surface area (Å²) >= 11 is 0. The Morgan fingerprint density at radius 3 is 2.88 bits per heavy atom. The molecule has 2 unspecified atom stereocenters. The number of hydrogen-bond acceptors (Lipinski definition) is 5. The normalized spacial score (nSPS) is 23.4. The Labute approximate surface area is 103 Å². The molecule has 0 aromatic heterocycles. The van der Waals surface area contributed by atoms with Crippen LogP contribution in [0.3, 0.4) is 0 Å². The Balaban J connectivity index is 2.20. The highest BCUT2D eigenvalue weighted by Gasteiger charge is 2.31. The van der Waals surface area contributed by atoms with Gasteiger partial charge in [0.25, 0.3) is 0 Å². The van der Waals surface area contributed by atoms with Crippen molar-refractivity contribution in [3.63, 3.8) is 0 Å². The van der Waals surface area contributed by atoms with Crippen LogP contribution in [0.2, 0.25) is 0 Å². The number of likely N-dealkylation sites (N-methyl/N-ethyl adjacent to an activating group) is 1. The molecule has 0 spiro atoms. The molecular weight excluding hydrogens is 222 g/mol. The van der Waals surface area contributed by atoms with Gasteiger partial charge in [0.1, 0.15) is 5.54 Å². The van der Waals surface area contributed by atoms with Gasteiger partial charge < -0.3 is 19.5 Å². The van der Waals surface area contributed by atoms with Crippen LogP contribution in [0.4, 0.5) is 0 Å². The first-order valence-corrected chi connectivity index (χ1v) is 6.09. The number of esters is 1. The standard InChI is InChI=1S/C12H23NO4/c1-12(13-2,11(14)15-3)6-4-7-17-10-5-8-16-9-10/h10,13H,4-9H2,1-3H3. The van der Waals surface area contributed by atoms with Crippen LogP contribution in [0.5, 0.6) is 0 Å². The van der Waals surface area contributed by atoms with Crippen LogP contribution >= 0.6 is 0 Å². The molecule has 100 valence electrons. The Hall–Kier alpha value is -0.650. The van der Waals surface area contributed by atoms with E-state index in [2.05, 4.69) is 5.32 Å². The van der Waals surface area contributed by atoms with Crippen LogP contribution in [0.1, 0.15) is 26.2 Å². The fourth-order valence-electron chi connectivity index (χ4n) is 1.87. The molecule has 5 heteroatoms. The van der Waals surface area contributed by atoms with Crippen LogP contribution < -0.4 is 5.32 Å². The maximum absolute atomic E-state index is 11.6. The second-order valence-corrected chi connectivity index (χ2v) is 4.53. The Bertz CT molecular complexity index is 241. The quantitative estimate of drug-likeness (QED) is 0.529. The van der Waals surface area contributed by atoms with E-state index in [0.29, 0.717) is 19.6 Å². The van der Waals surface area contributed by atoms with Crippen LogP contribution in [-0.4, -0.2) is 51.6 Å². The van der Waals surface area contributed by atoms with E-state index in [-0.39, 0.29) is 12.1 Å². The van der Waals surface area contributed by atoms with Gasteiger partial charge in [0.15, 0.2) is 0 Å². The summed E-state index contributed by atoms with van der Waals surface area (Å²) < 4.78 is 15.6. The third-order valence-electron chi connectivity index (χ3n) is 3.25. The summed E-state index contributed by atoms with van der Waals surface area (Å²) in [6.45, 7) is 3.99. The largest absolute Gasteiger partial charge is 0.468 e. The topological polar surface area (TPSA) is 56.8 Å². The third kappa shape index (κ3) is 4.26. The summed E-state index contributed by atoms with van der Waals surface area (Å²) in [5.41, 5.74) is -0.621. The molecule has 1 heterocycles. The Morgan fingerprint density at radius 1 is 1.59 bits per heavy atom. The zero-order chi connectivity index (χ0) is 12.7. The van der Waals surface area contributed by atoms with E-state index in [1.165, 1.54) is 7.11 Å². The minimum absolute atomic E-state index is 0.231. The molecule has 0 aliphatic carbocycles. The van der Waals surface area contributed by atoms with E-state index < -0.39 is 5.54 Å². The average molecular weight is 245 g/mol. The van der Waals surface area contributed by atoms with Crippen molar-refractivity contribution in [2.45, 2.75) is 37.8 Å². The lowest BCUT2D eigenvalue weighted by atomic mass is 9.96. The SMILES string of the molecule is CNC(C)(CCCOC1CCOC1)C(=O)OC. The van der Waals surface area contributed by atoms with Crippen molar-refractivity contribution in [2.24, 2.45) is 0 Å². The van der Waals surface area contributed by atoms with Crippen LogP contribution in [0, 0.1) is 0 Å². The predicted molar refractivity (Wildman–Crippen MR) is 63.9 cm³/mol. The van der Waals surface area contributed by atoms with Gasteiger partial charge in [-0.05, 0) is 33.2 Å². The number of ether oxygens (including phenoxy) is 3. The molecule has 17 heavy (non-hydrogen) atoms. The summed E-state index contributed by atoms with van der Waals surface area (Å²) in [7, 11) is 3.17. The molecule has 0 saturated carbocycles. The van der Waals surface area contributed by atoms with Gasteiger partial charge in [-0.3, -0.25) is 4.79 Å². The van der Waals surface area contributed by atoms with Crippen LogP contribution in [-0.2, 0) is 19.0 Å². The van der Waals surface area contributed by atoms with Gasteiger partial charge in [-0.1, -0.05) is 0 Å². The van der Waals surface area contributed by atoms with Crippen molar-refractivity contribution in [3.05, 3.63) is 0 Å². The van der Waals surface area contributed by atoms with Crippen LogP contribution in [0.25, 0.3) is 0 Å². The van der Waals surface area contributed by atoms with Crippen molar-refractivity contribution >= 4 is 5.97 Å². The molecule has 1 saturated heterocycles. The Morgan fingerprint density at radius 2 is 2.35 bits per heavy atom. The molecule has 1 aliphatic heterocycles. The summed E-state index contributed by atoms with van der Waals surface area (Å²) in [5.74, 6) is -0.232. The van der Waals surface area contributed by atoms with Crippen LogP contribution in [0.15, 0.2) is 0 Å². The molecule has 0 amide bonds. The zero-order valence-corrected chi connectivity index (χ0v) is 11.0. The first kappa shape index (κ1) is 14.4. The lowest BCUT2D eigenvalue weighted by Gasteiger charge is -2.26. The predicted octanol–water partition coefficient (Wildman–Crippen LogP) is 0.723. The van der Waals surface area contributed by atoms with Gasteiger partial charge >= 0.3 is 5.97 Å². The fourth-order valence-corrected chi connectivity index (χ4v) is 1.87. The molecule has 0 aromatic carbocycles. The molecule has 5 nitrogen and oxygen atoms in total. The lowest BCUT2D eigenvalue weighted by Crippen LogP contribution is -2.48. The highest BCUT2D eigenvalue weighted by atomic mass is 16.5. The van der Waals surface area contributed by atoms with Gasteiger partial charge in [-0.15, -0.1) is 0 Å². The molecule has 0 aromatic rings. The maximum atomic E-state index is 11.6. The highest BCUT2D eigenvalue weighted by Crippen LogP contribution is 2.15. The molecule has 1 N–H and O–H groups in total. The Kier molecular flexibility index (Phi) is 5.88. The number of nitrogens with one attached hydrogen (secondary N) is 1. The molecular formula is C12H23NO4. The molecule has 1 rings (SSSR count). The van der Waals surface area contributed by atoms with Crippen molar-refractivity contribution < 1.29 is 19.0 Å².